The third kappa shape index (κ3) is 13.0. The summed E-state index contributed by atoms with van der Waals surface area (Å²) in [6, 6.07) is 0. The molecule has 0 amide bonds. The van der Waals surface area contributed by atoms with Crippen LogP contribution in [-0.4, -0.2) is 25.9 Å². The van der Waals surface area contributed by atoms with Crippen LogP contribution >= 0.6 is 11.6 Å². The number of hydrogen-bond acceptors (Lipinski definition) is 0. The number of halogens is 4. The molecule has 18 heavy (non-hydrogen) atoms. The fourth-order valence-corrected chi connectivity index (χ4v) is 3.87. The summed E-state index contributed by atoms with van der Waals surface area (Å²) in [5, 5.41) is -4.01. The fraction of sp³-hybridized carbons (Fsp3) is 1.00. The third-order valence-electron chi connectivity index (χ3n) is 2.85. The molecular formula is C13H24ClF3Se. The average Bonchev–Trinajstić information content (AvgIpc) is 2.29. The van der Waals surface area contributed by atoms with E-state index in [1.54, 1.807) is 0 Å². The molecule has 110 valence electrons. The van der Waals surface area contributed by atoms with E-state index in [0.29, 0.717) is 6.42 Å². The van der Waals surface area contributed by atoms with Gasteiger partial charge in [-0.15, -0.1) is 0 Å². The Balaban J connectivity index is 3.40. The second-order valence-corrected chi connectivity index (χ2v) is 7.78. The molecule has 0 fully saturated rings. The van der Waals surface area contributed by atoms with Gasteiger partial charge in [-0.2, -0.15) is 0 Å². The fourth-order valence-electron chi connectivity index (χ4n) is 1.86. The topological polar surface area (TPSA) is 0 Å². The van der Waals surface area contributed by atoms with Crippen LogP contribution in [0.1, 0.15) is 64.7 Å². The van der Waals surface area contributed by atoms with Crippen molar-refractivity contribution in [3.63, 3.8) is 0 Å². The van der Waals surface area contributed by atoms with Gasteiger partial charge < -0.3 is 0 Å². The molecule has 0 aromatic heterocycles. The van der Waals surface area contributed by atoms with Crippen molar-refractivity contribution in [1.29, 1.82) is 0 Å². The van der Waals surface area contributed by atoms with Gasteiger partial charge in [-0.25, -0.2) is 0 Å². The summed E-state index contributed by atoms with van der Waals surface area (Å²) < 4.78 is 36.6. The van der Waals surface area contributed by atoms with Gasteiger partial charge in [0.05, 0.1) is 0 Å². The summed E-state index contributed by atoms with van der Waals surface area (Å²) >= 11 is 4.28. The van der Waals surface area contributed by atoms with Crippen molar-refractivity contribution >= 4 is 26.6 Å². The van der Waals surface area contributed by atoms with Gasteiger partial charge in [0.25, 0.3) is 0 Å². The van der Waals surface area contributed by atoms with Crippen LogP contribution < -0.4 is 0 Å². The minimum atomic E-state index is -4.01. The van der Waals surface area contributed by atoms with Gasteiger partial charge in [0.1, 0.15) is 0 Å². The van der Waals surface area contributed by atoms with Crippen LogP contribution in [0.15, 0.2) is 0 Å². The van der Waals surface area contributed by atoms with Crippen molar-refractivity contribution in [3.05, 3.63) is 0 Å². The third-order valence-corrected chi connectivity index (χ3v) is 5.74. The molecule has 0 aromatic carbocycles. The summed E-state index contributed by atoms with van der Waals surface area (Å²) in [7, 11) is 0. The van der Waals surface area contributed by atoms with Crippen LogP contribution in [-0.2, 0) is 0 Å². The molecule has 1 atom stereocenters. The Bertz CT molecular complexity index is 186. The molecule has 0 radical (unpaired) electrons. The van der Waals surface area contributed by atoms with E-state index in [9.17, 15) is 13.2 Å². The van der Waals surface area contributed by atoms with E-state index < -0.39 is 20.0 Å². The average molecular weight is 352 g/mol. The number of rotatable bonds is 11. The standard InChI is InChI=1S/C13H24ClF3Se/c1-2-3-4-5-6-7-8-9-10-12(11-14)18-13(15,16)17/h12H,2-11H2,1H3. The van der Waals surface area contributed by atoms with Crippen LogP contribution in [0, 0.1) is 0 Å². The van der Waals surface area contributed by atoms with Gasteiger partial charge >= 0.3 is 120 Å². The predicted octanol–water partition coefficient (Wildman–Crippen LogP) is 5.77. The molecule has 0 N–H and O–H groups in total. The van der Waals surface area contributed by atoms with Crippen LogP contribution in [0.5, 0.6) is 0 Å². The Morgan fingerprint density at radius 2 is 1.44 bits per heavy atom. The van der Waals surface area contributed by atoms with E-state index in [2.05, 4.69) is 6.92 Å². The SMILES string of the molecule is CCCCCCCCCCC(CCl)[Se]C(F)(F)F. The van der Waals surface area contributed by atoms with Gasteiger partial charge in [0.15, 0.2) is 0 Å². The van der Waals surface area contributed by atoms with Crippen molar-refractivity contribution in [2.45, 2.75) is 74.6 Å². The normalized spacial score (nSPS) is 13.8. The second kappa shape index (κ2) is 11.4. The maximum atomic E-state index is 12.2. The van der Waals surface area contributed by atoms with Crippen LogP contribution in [0.25, 0.3) is 0 Å². The Kier molecular flexibility index (Phi) is 11.8. The quantitative estimate of drug-likeness (QED) is 0.252. The van der Waals surface area contributed by atoms with E-state index >= 15 is 0 Å². The Labute approximate surface area is 120 Å². The first-order chi connectivity index (χ1) is 8.49. The molecule has 0 saturated heterocycles. The monoisotopic (exact) mass is 352 g/mol. The minimum absolute atomic E-state index is 0.149. The molecule has 1 unspecified atom stereocenters. The first-order valence-corrected chi connectivity index (χ1v) is 9.18. The summed E-state index contributed by atoms with van der Waals surface area (Å²) in [5.41, 5.74) is 0. The Morgan fingerprint density at radius 1 is 0.944 bits per heavy atom. The molecule has 0 aliphatic carbocycles. The van der Waals surface area contributed by atoms with Gasteiger partial charge in [-0.05, 0) is 0 Å². The van der Waals surface area contributed by atoms with E-state index in [1.807, 2.05) is 0 Å². The van der Waals surface area contributed by atoms with E-state index in [-0.39, 0.29) is 10.7 Å². The van der Waals surface area contributed by atoms with Crippen molar-refractivity contribution in [3.8, 4) is 0 Å². The van der Waals surface area contributed by atoms with Crippen molar-refractivity contribution in [2.24, 2.45) is 0 Å². The first-order valence-electron chi connectivity index (χ1n) is 6.80. The van der Waals surface area contributed by atoms with Crippen LogP contribution in [0.4, 0.5) is 13.2 Å². The molecule has 0 aliphatic heterocycles. The first kappa shape index (κ1) is 18.6. The molecular weight excluding hydrogens is 328 g/mol. The molecule has 0 heterocycles. The molecule has 0 aliphatic rings. The molecule has 0 bridgehead atoms. The summed E-state index contributed by atoms with van der Waals surface area (Å²) in [5.74, 6) is 0.149. The second-order valence-electron chi connectivity index (χ2n) is 4.60. The zero-order chi connectivity index (χ0) is 13.9. The summed E-state index contributed by atoms with van der Waals surface area (Å²) in [6.45, 7) is 2.19. The number of alkyl halides is 4. The molecule has 0 spiro atoms. The van der Waals surface area contributed by atoms with Crippen molar-refractivity contribution in [1.82, 2.24) is 0 Å². The van der Waals surface area contributed by atoms with Gasteiger partial charge in [0.2, 0.25) is 0 Å². The van der Waals surface area contributed by atoms with Gasteiger partial charge in [-0.3, -0.25) is 0 Å². The van der Waals surface area contributed by atoms with Crippen molar-refractivity contribution in [2.75, 3.05) is 5.88 Å². The van der Waals surface area contributed by atoms with E-state index in [4.69, 9.17) is 11.6 Å². The maximum absolute atomic E-state index is 12.2. The Hall–Kier alpha value is 0.599. The molecule has 0 nitrogen and oxygen atoms in total. The van der Waals surface area contributed by atoms with E-state index in [0.717, 1.165) is 19.3 Å². The molecule has 0 rings (SSSR count). The van der Waals surface area contributed by atoms with Crippen molar-refractivity contribution < 1.29 is 13.2 Å². The molecule has 0 saturated carbocycles. The summed E-state index contributed by atoms with van der Waals surface area (Å²) in [4.78, 5) is -0.334. The zero-order valence-corrected chi connectivity index (χ0v) is 13.5. The Morgan fingerprint density at radius 3 is 1.89 bits per heavy atom. The molecule has 0 aromatic rings. The predicted molar refractivity (Wildman–Crippen MR) is 73.5 cm³/mol. The zero-order valence-electron chi connectivity index (χ0n) is 11.1. The van der Waals surface area contributed by atoms with Gasteiger partial charge in [0, 0.05) is 0 Å². The van der Waals surface area contributed by atoms with Crippen LogP contribution in [0.3, 0.4) is 0 Å². The number of hydrogen-bond donors (Lipinski definition) is 0. The molecule has 5 heteroatoms. The van der Waals surface area contributed by atoms with Crippen LogP contribution in [0.2, 0.25) is 4.82 Å². The number of unbranched alkanes of at least 4 members (excludes halogenated alkanes) is 7. The summed E-state index contributed by atoms with van der Waals surface area (Å²) in [6.07, 6.45) is 10.0. The van der Waals surface area contributed by atoms with Gasteiger partial charge in [-0.1, -0.05) is 0 Å². The van der Waals surface area contributed by atoms with E-state index in [1.165, 1.54) is 32.1 Å².